The van der Waals surface area contributed by atoms with Gasteiger partial charge in [-0.1, -0.05) is 31.4 Å². The lowest BCUT2D eigenvalue weighted by Crippen LogP contribution is -2.54. The Morgan fingerprint density at radius 1 is 0.606 bits per heavy atom. The van der Waals surface area contributed by atoms with E-state index in [-0.39, 0.29) is 51.5 Å². The first-order valence-electron chi connectivity index (χ1n) is 22.3. The van der Waals surface area contributed by atoms with Crippen molar-refractivity contribution in [3.8, 4) is 34.5 Å². The maximum atomic E-state index is 14.4. The molecular weight excluding hydrogens is 943 g/mol. The molecule has 71 heavy (non-hydrogen) atoms. The molecule has 0 spiro atoms. The normalized spacial score (nSPS) is 17.8. The van der Waals surface area contributed by atoms with Gasteiger partial charge in [-0.2, -0.15) is 0 Å². The van der Waals surface area contributed by atoms with E-state index in [9.17, 15) is 69.0 Å². The third kappa shape index (κ3) is 15.0. The lowest BCUT2D eigenvalue weighted by molar-refractivity contribution is -0.163. The van der Waals surface area contributed by atoms with Crippen molar-refractivity contribution in [1.82, 2.24) is 20.9 Å². The highest BCUT2D eigenvalue weighted by molar-refractivity contribution is 6.03. The van der Waals surface area contributed by atoms with Crippen LogP contribution in [0.2, 0.25) is 0 Å². The van der Waals surface area contributed by atoms with Gasteiger partial charge in [0.2, 0.25) is 5.91 Å². The minimum Gasteiger partial charge on any atom is -0.504 e. The molecule has 25 nitrogen and oxygen atoms in total. The molecule has 3 aromatic carbocycles. The number of hydrogen-bond donors (Lipinski definition) is 10. The monoisotopic (exact) mass is 997 g/mol. The van der Waals surface area contributed by atoms with Crippen molar-refractivity contribution < 1.29 is 97.4 Å². The van der Waals surface area contributed by atoms with Crippen LogP contribution in [0.3, 0.4) is 0 Å². The van der Waals surface area contributed by atoms with Crippen LogP contribution < -0.4 is 21.7 Å². The number of primary amides is 1. The quantitative estimate of drug-likeness (QED) is 0.0304. The van der Waals surface area contributed by atoms with E-state index in [1.54, 1.807) is 0 Å². The molecular formula is C46H55N5O20. The Balaban J connectivity index is 1.34. The first-order chi connectivity index (χ1) is 34.0. The predicted octanol–water partition coefficient (Wildman–Crippen LogP) is -0.183. The van der Waals surface area contributed by atoms with Crippen molar-refractivity contribution in [3.05, 3.63) is 70.8 Å². The minimum atomic E-state index is -2.00. The van der Waals surface area contributed by atoms with Gasteiger partial charge < -0.3 is 85.6 Å². The van der Waals surface area contributed by atoms with Crippen molar-refractivity contribution in [2.75, 3.05) is 72.6 Å². The molecule has 1 aliphatic heterocycles. The first kappa shape index (κ1) is 54.0. The summed E-state index contributed by atoms with van der Waals surface area (Å²) in [5.74, 6) is -14.1. The number of phenolic OH excluding ortho intramolecular Hbond substituents is 5. The number of nitrogens with zero attached hydrogens (tertiary/aromatic N) is 1. The second kappa shape index (κ2) is 26.2. The highest BCUT2D eigenvalue weighted by atomic mass is 16.6. The molecule has 3 aromatic rings. The van der Waals surface area contributed by atoms with Gasteiger partial charge in [0, 0.05) is 24.6 Å². The molecule has 3 atom stereocenters. The van der Waals surface area contributed by atoms with Crippen molar-refractivity contribution in [1.29, 1.82) is 0 Å². The van der Waals surface area contributed by atoms with Gasteiger partial charge in [-0.15, -0.1) is 0 Å². The van der Waals surface area contributed by atoms with Gasteiger partial charge in [0.25, 0.3) is 23.6 Å². The number of ether oxygens (including phenoxy) is 6. The van der Waals surface area contributed by atoms with Crippen molar-refractivity contribution in [2.45, 2.75) is 50.2 Å². The molecule has 25 heteroatoms. The van der Waals surface area contributed by atoms with Crippen LogP contribution in [-0.2, 0) is 47.6 Å². The standard InChI is InChI=1S/C46H55N5O20/c47-39(58)29-20-26(21-35(54)38(29)57)43(62)51(13-15-67-17-19-68-18-16-66-14-12-48-40(59)25-6-2-1-3-7-25)32-24-71-45(64)30(49-41(60)27-8-4-10-33(52)36(27)55)22-69-44(63)31(23-70-46(32)65)50-42(61)28-9-5-11-34(53)37(28)56/h4-5,8-11,20-21,25,30-32,52-57H,1-3,6-7,12-19,22-24H2,(H2,47,58)(H,48,59)(H,49,60)(H,50,61)/t30-,31-,32-/m1/s1. The molecule has 384 valence electrons. The van der Waals surface area contributed by atoms with Crippen LogP contribution in [0.4, 0.5) is 0 Å². The molecule has 5 rings (SSSR count). The zero-order valence-corrected chi connectivity index (χ0v) is 38.2. The summed E-state index contributed by atoms with van der Waals surface area (Å²) in [6.45, 7) is -3.19. The summed E-state index contributed by atoms with van der Waals surface area (Å²) in [5, 5.41) is 68.5. The topological polar surface area (TPSA) is 379 Å². The Morgan fingerprint density at radius 2 is 1.10 bits per heavy atom. The number of rotatable bonds is 20. The predicted molar refractivity (Wildman–Crippen MR) is 240 cm³/mol. The number of para-hydroxylation sites is 2. The summed E-state index contributed by atoms with van der Waals surface area (Å²) in [7, 11) is 0. The second-order valence-electron chi connectivity index (χ2n) is 16.0. The fourth-order valence-corrected chi connectivity index (χ4v) is 7.27. The van der Waals surface area contributed by atoms with Gasteiger partial charge in [0.05, 0.1) is 56.3 Å². The summed E-state index contributed by atoms with van der Waals surface area (Å²) in [6.07, 6.45) is 4.96. The average molecular weight is 998 g/mol. The molecule has 11 N–H and O–H groups in total. The number of carbonyl (C=O) groups is 8. The number of aromatic hydroxyl groups is 6. The molecule has 2 fully saturated rings. The van der Waals surface area contributed by atoms with Crippen molar-refractivity contribution >= 4 is 47.4 Å². The Labute approximate surface area is 404 Å². The number of nitrogens with two attached hydrogens (primary N) is 1. The molecule has 0 unspecified atom stereocenters. The zero-order chi connectivity index (χ0) is 51.6. The molecule has 1 saturated carbocycles. The van der Waals surface area contributed by atoms with E-state index in [1.807, 2.05) is 0 Å². The molecule has 1 saturated heterocycles. The molecule has 0 radical (unpaired) electrons. The van der Waals surface area contributed by atoms with E-state index in [1.165, 1.54) is 12.1 Å². The zero-order valence-electron chi connectivity index (χ0n) is 38.2. The van der Waals surface area contributed by atoms with Crippen molar-refractivity contribution in [3.63, 3.8) is 0 Å². The third-order valence-corrected chi connectivity index (χ3v) is 11.1. The summed E-state index contributed by atoms with van der Waals surface area (Å²) in [6, 6.07) is 2.30. The van der Waals surface area contributed by atoms with E-state index >= 15 is 0 Å². The molecule has 5 amide bonds. The van der Waals surface area contributed by atoms with Crippen LogP contribution in [0.15, 0.2) is 48.5 Å². The molecule has 1 heterocycles. The van der Waals surface area contributed by atoms with Gasteiger partial charge in [-0.25, -0.2) is 14.4 Å². The third-order valence-electron chi connectivity index (χ3n) is 11.1. The first-order valence-corrected chi connectivity index (χ1v) is 22.3. The van der Waals surface area contributed by atoms with E-state index in [0.717, 1.165) is 73.4 Å². The number of hydrogen-bond acceptors (Lipinski definition) is 20. The van der Waals surface area contributed by atoms with Gasteiger partial charge >= 0.3 is 17.9 Å². The molecule has 0 bridgehead atoms. The summed E-state index contributed by atoms with van der Waals surface area (Å²) < 4.78 is 32.7. The number of phenols is 6. The van der Waals surface area contributed by atoms with Crippen LogP contribution in [0.25, 0.3) is 0 Å². The Morgan fingerprint density at radius 3 is 1.65 bits per heavy atom. The largest absolute Gasteiger partial charge is 0.504 e. The Hall–Kier alpha value is -7.90. The van der Waals surface area contributed by atoms with Gasteiger partial charge in [-0.3, -0.25) is 24.0 Å². The van der Waals surface area contributed by atoms with E-state index in [4.69, 9.17) is 34.2 Å². The molecule has 2 aliphatic rings. The SMILES string of the molecule is NC(=O)c1cc(C(=O)N(CCOCCOCCOCCNC(=O)C2CCCCC2)[C@@H]2COC(=O)[C@H](NC(=O)c3cccc(O)c3O)COC(=O)[C@H](NC(=O)c3cccc(O)c3O)COC2=O)cc(O)c1O. The number of esters is 3. The number of benzene rings is 3. The maximum Gasteiger partial charge on any atom is 0.332 e. The summed E-state index contributed by atoms with van der Waals surface area (Å²) in [4.78, 5) is 108. The van der Waals surface area contributed by atoms with Crippen molar-refractivity contribution in [2.24, 2.45) is 11.7 Å². The highest BCUT2D eigenvalue weighted by Crippen LogP contribution is 2.32. The van der Waals surface area contributed by atoms with E-state index < -0.39 is 143 Å². The number of amides is 5. The lowest BCUT2D eigenvalue weighted by atomic mass is 9.89. The highest BCUT2D eigenvalue weighted by Gasteiger charge is 2.38. The maximum absolute atomic E-state index is 14.4. The van der Waals surface area contributed by atoms with Crippen LogP contribution >= 0.6 is 0 Å². The fraction of sp³-hybridized carbons (Fsp3) is 0.435. The summed E-state index contributed by atoms with van der Waals surface area (Å²) >= 11 is 0. The molecule has 1 aliphatic carbocycles. The van der Waals surface area contributed by atoms with Gasteiger partial charge in [-0.05, 0) is 49.2 Å². The van der Waals surface area contributed by atoms with Crippen LogP contribution in [-0.4, -0.2) is 174 Å². The molecule has 0 aromatic heterocycles. The van der Waals surface area contributed by atoms with Crippen LogP contribution in [0.1, 0.15) is 73.5 Å². The van der Waals surface area contributed by atoms with Gasteiger partial charge in [0.15, 0.2) is 52.6 Å². The van der Waals surface area contributed by atoms with Crippen LogP contribution in [0, 0.1) is 5.92 Å². The average Bonchev–Trinajstić information content (AvgIpc) is 3.35. The fourth-order valence-electron chi connectivity index (χ4n) is 7.27. The summed E-state index contributed by atoms with van der Waals surface area (Å²) in [5.41, 5.74) is 3.05. The number of carbonyl (C=O) groups excluding carboxylic acids is 8. The van der Waals surface area contributed by atoms with E-state index in [0.29, 0.717) is 6.54 Å². The Bertz CT molecular complexity index is 2360. The van der Waals surface area contributed by atoms with Gasteiger partial charge in [0.1, 0.15) is 19.8 Å². The number of nitrogens with one attached hydrogen (secondary N) is 3. The number of cyclic esters (lactones) is 3. The van der Waals surface area contributed by atoms with E-state index in [2.05, 4.69) is 16.0 Å². The van der Waals surface area contributed by atoms with Crippen LogP contribution in [0.5, 0.6) is 34.5 Å². The lowest BCUT2D eigenvalue weighted by Gasteiger charge is -2.31. The Kier molecular flexibility index (Phi) is 19.9. The smallest absolute Gasteiger partial charge is 0.332 e. The minimum absolute atomic E-state index is 0.0159. The second-order valence-corrected chi connectivity index (χ2v) is 16.0.